The standard InChI is InChI=1S/C27H33N5O4S2/c1-17-9-13-31(14-10-17)38(35,36)21-7-5-20(6-8-21)25(33)28-26-24(22-11-12-30(4)16-23(22)37-26)27(34)32-19(3)15-18(2)29-32/h5-8,15,17H,9-14,16H2,1-4H3,(H,28,33). The minimum atomic E-state index is -3.60. The second-order valence-corrected chi connectivity index (χ2v) is 13.4. The van der Waals surface area contributed by atoms with Crippen molar-refractivity contribution in [1.82, 2.24) is 19.0 Å². The normalized spacial score (nSPS) is 17.4. The molecular formula is C27H33N5O4S2. The SMILES string of the molecule is Cc1cc(C)n(C(=O)c2c(NC(=O)c3ccc(S(=O)(=O)N4CCC(C)CC4)cc3)sc3c2CCN(C)C3)n1. The van der Waals surface area contributed by atoms with Crippen LogP contribution < -0.4 is 5.32 Å². The maximum Gasteiger partial charge on any atom is 0.281 e. The molecule has 1 saturated heterocycles. The molecule has 202 valence electrons. The fraction of sp³-hybridized carbons (Fsp3) is 0.444. The lowest BCUT2D eigenvalue weighted by atomic mass is 10.0. The summed E-state index contributed by atoms with van der Waals surface area (Å²) in [4.78, 5) is 30.3. The van der Waals surface area contributed by atoms with Gasteiger partial charge in [0.05, 0.1) is 16.2 Å². The van der Waals surface area contributed by atoms with Crippen LogP contribution in [0.15, 0.2) is 35.2 Å². The molecule has 4 heterocycles. The number of piperidine rings is 1. The number of aryl methyl sites for hydroxylation is 2. The van der Waals surface area contributed by atoms with Gasteiger partial charge in [-0.3, -0.25) is 9.59 Å². The van der Waals surface area contributed by atoms with Gasteiger partial charge in [-0.05, 0) is 82.0 Å². The Balaban J connectivity index is 1.41. The summed E-state index contributed by atoms with van der Waals surface area (Å²) in [6.45, 7) is 8.35. The Morgan fingerprint density at radius 2 is 1.76 bits per heavy atom. The van der Waals surface area contributed by atoms with Crippen molar-refractivity contribution in [3.8, 4) is 0 Å². The first-order valence-corrected chi connectivity index (χ1v) is 15.1. The number of likely N-dealkylation sites (N-methyl/N-ethyl adjacent to an activating group) is 1. The third kappa shape index (κ3) is 5.07. The zero-order valence-electron chi connectivity index (χ0n) is 22.2. The molecule has 0 radical (unpaired) electrons. The molecule has 3 aromatic rings. The molecule has 0 spiro atoms. The zero-order valence-corrected chi connectivity index (χ0v) is 23.8. The first kappa shape index (κ1) is 26.7. The molecule has 1 aromatic carbocycles. The third-order valence-electron chi connectivity index (χ3n) is 7.39. The number of benzene rings is 1. The minimum absolute atomic E-state index is 0.179. The Bertz CT molecular complexity index is 1480. The number of amides is 1. The molecule has 2 aromatic heterocycles. The molecule has 1 fully saturated rings. The van der Waals surface area contributed by atoms with Crippen LogP contribution in [0.5, 0.6) is 0 Å². The van der Waals surface area contributed by atoms with Gasteiger partial charge in [0.1, 0.15) is 5.00 Å². The van der Waals surface area contributed by atoms with Gasteiger partial charge in [0.25, 0.3) is 11.8 Å². The zero-order chi connectivity index (χ0) is 27.2. The van der Waals surface area contributed by atoms with Crippen molar-refractivity contribution in [2.45, 2.75) is 51.5 Å². The van der Waals surface area contributed by atoms with Crippen LogP contribution in [0.1, 0.15) is 62.3 Å². The van der Waals surface area contributed by atoms with Crippen LogP contribution in [0, 0.1) is 19.8 Å². The molecule has 1 amide bonds. The molecule has 2 aliphatic rings. The van der Waals surface area contributed by atoms with Crippen molar-refractivity contribution in [3.63, 3.8) is 0 Å². The molecule has 0 aliphatic carbocycles. The lowest BCUT2D eigenvalue weighted by Gasteiger charge is -2.29. The van der Waals surface area contributed by atoms with Crippen LogP contribution in [-0.2, 0) is 23.0 Å². The summed E-state index contributed by atoms with van der Waals surface area (Å²) in [6.07, 6.45) is 2.40. The van der Waals surface area contributed by atoms with Crippen LogP contribution in [-0.4, -0.2) is 65.9 Å². The molecular weight excluding hydrogens is 522 g/mol. The summed E-state index contributed by atoms with van der Waals surface area (Å²) in [5.74, 6) is -0.130. The third-order valence-corrected chi connectivity index (χ3v) is 10.4. The lowest BCUT2D eigenvalue weighted by Crippen LogP contribution is -2.37. The topological polar surface area (TPSA) is 105 Å². The molecule has 1 N–H and O–H groups in total. The number of carbonyl (C=O) groups excluding carboxylic acids is 2. The smallest absolute Gasteiger partial charge is 0.281 e. The molecule has 0 bridgehead atoms. The van der Waals surface area contributed by atoms with Crippen LogP contribution >= 0.6 is 11.3 Å². The number of nitrogens with one attached hydrogen (secondary N) is 1. The van der Waals surface area contributed by atoms with E-state index in [0.717, 1.165) is 41.2 Å². The highest BCUT2D eigenvalue weighted by Crippen LogP contribution is 2.38. The van der Waals surface area contributed by atoms with E-state index in [-0.39, 0.29) is 10.8 Å². The van der Waals surface area contributed by atoms with E-state index in [9.17, 15) is 18.0 Å². The number of carbonyl (C=O) groups is 2. The summed E-state index contributed by atoms with van der Waals surface area (Å²) >= 11 is 1.41. The van der Waals surface area contributed by atoms with E-state index in [1.165, 1.54) is 44.6 Å². The first-order valence-electron chi connectivity index (χ1n) is 12.9. The number of hydrogen-bond donors (Lipinski definition) is 1. The average Bonchev–Trinajstić information content (AvgIpc) is 3.41. The van der Waals surface area contributed by atoms with Crippen molar-refractivity contribution in [1.29, 1.82) is 0 Å². The Labute approximate surface area is 227 Å². The lowest BCUT2D eigenvalue weighted by molar-refractivity contribution is 0.0942. The number of sulfonamides is 1. The maximum atomic E-state index is 13.6. The fourth-order valence-corrected chi connectivity index (χ4v) is 7.90. The van der Waals surface area contributed by atoms with E-state index in [2.05, 4.69) is 22.2 Å². The molecule has 9 nitrogen and oxygen atoms in total. The van der Waals surface area contributed by atoms with Crippen LogP contribution in [0.2, 0.25) is 0 Å². The maximum absolute atomic E-state index is 13.6. The number of thiophene rings is 1. The van der Waals surface area contributed by atoms with Gasteiger partial charge in [-0.25, -0.2) is 13.1 Å². The fourth-order valence-electron chi connectivity index (χ4n) is 5.11. The van der Waals surface area contributed by atoms with Gasteiger partial charge in [-0.1, -0.05) is 6.92 Å². The highest BCUT2D eigenvalue weighted by molar-refractivity contribution is 7.89. The van der Waals surface area contributed by atoms with Crippen molar-refractivity contribution in [2.75, 3.05) is 32.0 Å². The van der Waals surface area contributed by atoms with E-state index in [1.807, 2.05) is 27.0 Å². The Hall–Kier alpha value is -2.86. The predicted molar refractivity (Wildman–Crippen MR) is 147 cm³/mol. The predicted octanol–water partition coefficient (Wildman–Crippen LogP) is 3.91. The number of fused-ring (bicyclic) bond motifs is 1. The molecule has 2 aliphatic heterocycles. The average molecular weight is 556 g/mol. The first-order chi connectivity index (χ1) is 18.0. The highest BCUT2D eigenvalue weighted by atomic mass is 32.2. The van der Waals surface area contributed by atoms with Crippen LogP contribution in [0.4, 0.5) is 5.00 Å². The summed E-state index contributed by atoms with van der Waals surface area (Å²) in [5, 5.41) is 7.81. The number of aromatic nitrogens is 2. The summed E-state index contributed by atoms with van der Waals surface area (Å²) in [5.41, 5.74) is 3.25. The molecule has 5 rings (SSSR count). The highest BCUT2D eigenvalue weighted by Gasteiger charge is 2.31. The van der Waals surface area contributed by atoms with E-state index in [0.29, 0.717) is 48.1 Å². The largest absolute Gasteiger partial charge is 0.313 e. The minimum Gasteiger partial charge on any atom is -0.313 e. The van der Waals surface area contributed by atoms with Crippen LogP contribution in [0.25, 0.3) is 0 Å². The summed E-state index contributed by atoms with van der Waals surface area (Å²) < 4.78 is 29.0. The Morgan fingerprint density at radius 3 is 2.39 bits per heavy atom. The van der Waals surface area contributed by atoms with Gasteiger partial charge in [-0.15, -0.1) is 11.3 Å². The number of nitrogens with zero attached hydrogens (tertiary/aromatic N) is 4. The van der Waals surface area contributed by atoms with E-state index < -0.39 is 15.9 Å². The molecule has 0 saturated carbocycles. The second kappa shape index (κ2) is 10.4. The molecule has 0 atom stereocenters. The van der Waals surface area contributed by atoms with Gasteiger partial charge in [0.2, 0.25) is 10.0 Å². The quantitative estimate of drug-likeness (QED) is 0.512. The van der Waals surface area contributed by atoms with E-state index >= 15 is 0 Å². The van der Waals surface area contributed by atoms with Gasteiger partial charge in [0, 0.05) is 42.3 Å². The van der Waals surface area contributed by atoms with Gasteiger partial charge in [-0.2, -0.15) is 9.40 Å². The van der Waals surface area contributed by atoms with Crippen LogP contribution in [0.3, 0.4) is 0 Å². The molecule has 0 unspecified atom stereocenters. The van der Waals surface area contributed by atoms with E-state index in [1.54, 1.807) is 0 Å². The van der Waals surface area contributed by atoms with Gasteiger partial charge in [0.15, 0.2) is 0 Å². The number of hydrogen-bond acceptors (Lipinski definition) is 7. The second-order valence-electron chi connectivity index (χ2n) is 10.4. The van der Waals surface area contributed by atoms with Crippen molar-refractivity contribution < 1.29 is 18.0 Å². The Kier molecular flexibility index (Phi) is 7.29. The molecule has 11 heteroatoms. The van der Waals surface area contributed by atoms with Crippen molar-refractivity contribution >= 4 is 38.2 Å². The summed E-state index contributed by atoms with van der Waals surface area (Å²) in [7, 11) is -1.57. The Morgan fingerprint density at radius 1 is 1.08 bits per heavy atom. The monoisotopic (exact) mass is 555 g/mol. The number of rotatable bonds is 5. The van der Waals surface area contributed by atoms with Gasteiger partial charge >= 0.3 is 0 Å². The van der Waals surface area contributed by atoms with Crippen molar-refractivity contribution in [2.24, 2.45) is 5.92 Å². The molecule has 38 heavy (non-hydrogen) atoms. The number of anilines is 1. The van der Waals surface area contributed by atoms with Gasteiger partial charge < -0.3 is 10.2 Å². The van der Waals surface area contributed by atoms with Crippen molar-refractivity contribution in [3.05, 3.63) is 63.3 Å². The van der Waals surface area contributed by atoms with E-state index in [4.69, 9.17) is 0 Å². The summed E-state index contributed by atoms with van der Waals surface area (Å²) in [6, 6.07) is 7.87.